The summed E-state index contributed by atoms with van der Waals surface area (Å²) < 4.78 is 5.89. The molecule has 2 aliphatic carbocycles. The van der Waals surface area contributed by atoms with E-state index in [1.807, 2.05) is 4.90 Å². The average molecular weight is 265 g/mol. The number of carbonyl (C=O) groups is 1. The van der Waals surface area contributed by atoms with E-state index in [1.54, 1.807) is 0 Å². The van der Waals surface area contributed by atoms with Crippen LogP contribution in [0.3, 0.4) is 0 Å². The van der Waals surface area contributed by atoms with E-state index in [0.29, 0.717) is 12.0 Å². The summed E-state index contributed by atoms with van der Waals surface area (Å²) in [7, 11) is 0. The van der Waals surface area contributed by atoms with E-state index in [-0.39, 0.29) is 0 Å². The normalized spacial score (nSPS) is 28.2. The summed E-state index contributed by atoms with van der Waals surface area (Å²) in [5.74, 6) is 2.02. The van der Waals surface area contributed by atoms with Gasteiger partial charge in [0.25, 0.3) is 0 Å². The maximum Gasteiger partial charge on any atom is 0.222 e. The number of amides is 1. The second-order valence-electron chi connectivity index (χ2n) is 6.72. The predicted molar refractivity (Wildman–Crippen MR) is 74.9 cm³/mol. The molecule has 108 valence electrons. The van der Waals surface area contributed by atoms with Crippen LogP contribution in [0.1, 0.15) is 57.8 Å². The first-order valence-electron chi connectivity index (χ1n) is 8.20. The molecule has 3 aliphatic rings. The van der Waals surface area contributed by atoms with Crippen molar-refractivity contribution in [3.05, 3.63) is 0 Å². The van der Waals surface area contributed by atoms with Gasteiger partial charge in [-0.05, 0) is 37.5 Å². The van der Waals surface area contributed by atoms with Crippen molar-refractivity contribution in [1.29, 1.82) is 0 Å². The van der Waals surface area contributed by atoms with E-state index in [0.717, 1.165) is 50.8 Å². The lowest BCUT2D eigenvalue weighted by Gasteiger charge is -2.18. The quantitative estimate of drug-likeness (QED) is 0.739. The summed E-state index contributed by atoms with van der Waals surface area (Å²) >= 11 is 0. The van der Waals surface area contributed by atoms with Crippen molar-refractivity contribution in [3.8, 4) is 0 Å². The Morgan fingerprint density at radius 2 is 1.84 bits per heavy atom. The molecule has 0 N–H and O–H groups in total. The summed E-state index contributed by atoms with van der Waals surface area (Å²) in [6, 6.07) is 0. The molecule has 1 unspecified atom stereocenters. The number of carbonyl (C=O) groups excluding carboxylic acids is 1. The van der Waals surface area contributed by atoms with Crippen LogP contribution in [0.2, 0.25) is 0 Å². The molecule has 0 aromatic carbocycles. The lowest BCUT2D eigenvalue weighted by atomic mass is 10.0. The Bertz CT molecular complexity index is 308. The van der Waals surface area contributed by atoms with Crippen molar-refractivity contribution < 1.29 is 9.53 Å². The minimum atomic E-state index is 0.316. The molecule has 3 heteroatoms. The van der Waals surface area contributed by atoms with Gasteiger partial charge in [0.1, 0.15) is 0 Å². The van der Waals surface area contributed by atoms with Crippen LogP contribution in [0.4, 0.5) is 0 Å². The second kappa shape index (κ2) is 6.25. The molecule has 19 heavy (non-hydrogen) atoms. The van der Waals surface area contributed by atoms with Crippen molar-refractivity contribution in [2.45, 2.75) is 63.9 Å². The first-order valence-corrected chi connectivity index (χ1v) is 8.20. The zero-order chi connectivity index (χ0) is 13.1. The fraction of sp³-hybridized carbons (Fsp3) is 0.938. The Hall–Kier alpha value is -0.570. The van der Waals surface area contributed by atoms with Gasteiger partial charge in [-0.25, -0.2) is 0 Å². The van der Waals surface area contributed by atoms with E-state index in [4.69, 9.17) is 4.74 Å². The molecule has 3 rings (SSSR count). The SMILES string of the molecule is O=C(CCC1CCCC1)N1CCC(OCC2CC2)C1. The zero-order valence-corrected chi connectivity index (χ0v) is 12.0. The summed E-state index contributed by atoms with van der Waals surface area (Å²) in [5, 5.41) is 0. The molecule has 0 aromatic rings. The Morgan fingerprint density at radius 1 is 1.05 bits per heavy atom. The van der Waals surface area contributed by atoms with E-state index >= 15 is 0 Å². The van der Waals surface area contributed by atoms with Crippen LogP contribution in [0.5, 0.6) is 0 Å². The monoisotopic (exact) mass is 265 g/mol. The molecule has 1 saturated heterocycles. The molecule has 0 aromatic heterocycles. The van der Waals surface area contributed by atoms with Crippen molar-refractivity contribution in [1.82, 2.24) is 4.90 Å². The van der Waals surface area contributed by atoms with Gasteiger partial charge >= 0.3 is 0 Å². The number of likely N-dealkylation sites (tertiary alicyclic amines) is 1. The van der Waals surface area contributed by atoms with E-state index in [2.05, 4.69) is 0 Å². The smallest absolute Gasteiger partial charge is 0.222 e. The Balaban J connectivity index is 1.33. The summed E-state index contributed by atoms with van der Waals surface area (Å²) in [4.78, 5) is 14.2. The molecule has 2 saturated carbocycles. The Morgan fingerprint density at radius 3 is 2.58 bits per heavy atom. The van der Waals surface area contributed by atoms with Crippen LogP contribution in [0.15, 0.2) is 0 Å². The van der Waals surface area contributed by atoms with Crippen LogP contribution in [-0.2, 0) is 9.53 Å². The van der Waals surface area contributed by atoms with Crippen LogP contribution in [0, 0.1) is 11.8 Å². The molecular weight excluding hydrogens is 238 g/mol. The summed E-state index contributed by atoms with van der Waals surface area (Å²) in [5.41, 5.74) is 0. The molecule has 1 atom stereocenters. The lowest BCUT2D eigenvalue weighted by Crippen LogP contribution is -2.30. The van der Waals surface area contributed by atoms with Crippen LogP contribution in [-0.4, -0.2) is 36.6 Å². The Kier molecular flexibility index (Phi) is 4.42. The molecule has 1 amide bonds. The highest BCUT2D eigenvalue weighted by Crippen LogP contribution is 2.31. The molecule has 0 radical (unpaired) electrons. The Labute approximate surface area is 116 Å². The minimum absolute atomic E-state index is 0.316. The maximum absolute atomic E-state index is 12.2. The highest BCUT2D eigenvalue weighted by Gasteiger charge is 2.29. The van der Waals surface area contributed by atoms with Crippen molar-refractivity contribution in [2.75, 3.05) is 19.7 Å². The van der Waals surface area contributed by atoms with Gasteiger partial charge in [-0.15, -0.1) is 0 Å². The summed E-state index contributed by atoms with van der Waals surface area (Å²) in [6.07, 6.45) is 11.4. The topological polar surface area (TPSA) is 29.5 Å². The fourth-order valence-corrected chi connectivity index (χ4v) is 3.43. The molecule has 1 aliphatic heterocycles. The second-order valence-corrected chi connectivity index (χ2v) is 6.72. The van der Waals surface area contributed by atoms with Crippen molar-refractivity contribution >= 4 is 5.91 Å². The van der Waals surface area contributed by atoms with E-state index in [1.165, 1.54) is 38.5 Å². The van der Waals surface area contributed by atoms with E-state index in [9.17, 15) is 4.79 Å². The van der Waals surface area contributed by atoms with Gasteiger partial charge in [0.15, 0.2) is 0 Å². The lowest BCUT2D eigenvalue weighted by molar-refractivity contribution is -0.131. The van der Waals surface area contributed by atoms with Gasteiger partial charge in [0.05, 0.1) is 6.10 Å². The number of ether oxygens (including phenoxy) is 1. The molecule has 3 fully saturated rings. The molecule has 0 spiro atoms. The third kappa shape index (κ3) is 3.95. The molecule has 1 heterocycles. The fourth-order valence-electron chi connectivity index (χ4n) is 3.43. The van der Waals surface area contributed by atoms with Gasteiger partial charge in [-0.1, -0.05) is 25.7 Å². The predicted octanol–water partition coefficient (Wildman–Crippen LogP) is 2.98. The first-order chi connectivity index (χ1) is 9.31. The number of hydrogen-bond acceptors (Lipinski definition) is 2. The first kappa shape index (κ1) is 13.4. The number of rotatable bonds is 6. The summed E-state index contributed by atoms with van der Waals surface area (Å²) in [6.45, 7) is 2.68. The molecule has 3 nitrogen and oxygen atoms in total. The highest BCUT2D eigenvalue weighted by atomic mass is 16.5. The van der Waals surface area contributed by atoms with Crippen molar-refractivity contribution in [2.24, 2.45) is 11.8 Å². The highest BCUT2D eigenvalue weighted by molar-refractivity contribution is 5.76. The molecule has 0 bridgehead atoms. The molecular formula is C16H27NO2. The van der Waals surface area contributed by atoms with Gasteiger partial charge in [-0.2, -0.15) is 0 Å². The van der Waals surface area contributed by atoms with Gasteiger partial charge in [-0.3, -0.25) is 4.79 Å². The van der Waals surface area contributed by atoms with Crippen LogP contribution >= 0.6 is 0 Å². The number of nitrogens with zero attached hydrogens (tertiary/aromatic N) is 1. The standard InChI is InChI=1S/C16H27NO2/c18-16(8-7-13-3-1-2-4-13)17-10-9-15(11-17)19-12-14-5-6-14/h13-15H,1-12H2. The zero-order valence-electron chi connectivity index (χ0n) is 12.0. The maximum atomic E-state index is 12.2. The van der Waals surface area contributed by atoms with Crippen LogP contribution in [0.25, 0.3) is 0 Å². The van der Waals surface area contributed by atoms with Gasteiger partial charge in [0, 0.05) is 26.1 Å². The minimum Gasteiger partial charge on any atom is -0.376 e. The largest absolute Gasteiger partial charge is 0.376 e. The van der Waals surface area contributed by atoms with Crippen molar-refractivity contribution in [3.63, 3.8) is 0 Å². The van der Waals surface area contributed by atoms with Gasteiger partial charge < -0.3 is 9.64 Å². The number of hydrogen-bond donors (Lipinski definition) is 0. The van der Waals surface area contributed by atoms with Crippen LogP contribution < -0.4 is 0 Å². The van der Waals surface area contributed by atoms with Gasteiger partial charge in [0.2, 0.25) is 5.91 Å². The van der Waals surface area contributed by atoms with E-state index < -0.39 is 0 Å². The third-order valence-corrected chi connectivity index (χ3v) is 5.00. The average Bonchev–Trinajstić information content (AvgIpc) is 2.94. The third-order valence-electron chi connectivity index (χ3n) is 5.00.